The van der Waals surface area contributed by atoms with Crippen molar-refractivity contribution in [2.75, 3.05) is 23.3 Å². The first kappa shape index (κ1) is 19.8. The van der Waals surface area contributed by atoms with Crippen LogP contribution in [0, 0.1) is 11.8 Å². The molecule has 1 aromatic carbocycles. The fourth-order valence-corrected chi connectivity index (χ4v) is 4.09. The number of hydrogen-bond acceptors (Lipinski definition) is 6. The molecule has 30 heavy (non-hydrogen) atoms. The number of esters is 1. The van der Waals surface area contributed by atoms with Crippen molar-refractivity contribution in [2.24, 2.45) is 11.8 Å². The van der Waals surface area contributed by atoms with Crippen LogP contribution in [0.5, 0.6) is 0 Å². The fraction of sp³-hybridized carbons (Fsp3) is 0.381. The molecule has 9 nitrogen and oxygen atoms in total. The maximum absolute atomic E-state index is 12.8. The van der Waals surface area contributed by atoms with E-state index in [9.17, 15) is 24.0 Å². The molecular formula is C21H21N3O6. The number of anilines is 2. The summed E-state index contributed by atoms with van der Waals surface area (Å²) in [5, 5.41) is 2.68. The summed E-state index contributed by atoms with van der Waals surface area (Å²) in [6.07, 6.45) is 3.49. The zero-order chi connectivity index (χ0) is 21.4. The second-order valence-electron chi connectivity index (χ2n) is 7.54. The van der Waals surface area contributed by atoms with E-state index >= 15 is 0 Å². The summed E-state index contributed by atoms with van der Waals surface area (Å²) in [6.45, 7) is 0.670. The van der Waals surface area contributed by atoms with E-state index in [0.29, 0.717) is 24.2 Å². The average Bonchev–Trinajstić information content (AvgIpc) is 2.97. The molecule has 0 unspecified atom stereocenters. The van der Waals surface area contributed by atoms with Crippen LogP contribution in [0.15, 0.2) is 36.4 Å². The van der Waals surface area contributed by atoms with Gasteiger partial charge in [0.25, 0.3) is 5.91 Å². The maximum Gasteiger partial charge on any atom is 0.326 e. The minimum absolute atomic E-state index is 0.197. The first-order chi connectivity index (χ1) is 14.4. The molecule has 2 aliphatic heterocycles. The summed E-state index contributed by atoms with van der Waals surface area (Å²) in [7, 11) is 0. The Balaban J connectivity index is 1.41. The molecule has 1 aliphatic carbocycles. The predicted octanol–water partition coefficient (Wildman–Crippen LogP) is 0.855. The standard InChI is InChI=1S/C21H21N3O6/c1-12(19(27)23-10-17(25)22-15-8-4-5-9-16(15)23)30-18(26)11-24-20(28)13-6-2-3-7-14(13)21(24)29/h2-5,8-9,12-14H,6-7,10-11H2,1H3,(H,22,25)/t12-,13+,14+/m1/s1. The number of nitrogens with zero attached hydrogens (tertiary/aromatic N) is 2. The quantitative estimate of drug-likeness (QED) is 0.447. The number of rotatable bonds is 4. The van der Waals surface area contributed by atoms with Gasteiger partial charge in [0.05, 0.1) is 23.2 Å². The number of hydrogen-bond donors (Lipinski definition) is 1. The third kappa shape index (κ3) is 3.47. The van der Waals surface area contributed by atoms with Crippen LogP contribution in [0.1, 0.15) is 19.8 Å². The molecule has 0 aromatic heterocycles. The molecule has 0 bridgehead atoms. The Hall–Kier alpha value is -3.49. The topological polar surface area (TPSA) is 113 Å². The van der Waals surface area contributed by atoms with Gasteiger partial charge in [0.2, 0.25) is 17.7 Å². The van der Waals surface area contributed by atoms with E-state index < -0.39 is 36.4 Å². The Labute approximate surface area is 172 Å². The highest BCUT2D eigenvalue weighted by Crippen LogP contribution is 2.35. The third-order valence-corrected chi connectivity index (χ3v) is 5.58. The number of nitrogens with one attached hydrogen (secondary N) is 1. The Morgan fingerprint density at radius 3 is 2.40 bits per heavy atom. The molecule has 3 atom stereocenters. The zero-order valence-corrected chi connectivity index (χ0v) is 16.4. The summed E-state index contributed by atoms with van der Waals surface area (Å²) in [5.74, 6) is -3.40. The van der Waals surface area contributed by atoms with Crippen molar-refractivity contribution in [3.8, 4) is 0 Å². The number of para-hydroxylation sites is 2. The second-order valence-corrected chi connectivity index (χ2v) is 7.54. The molecule has 0 spiro atoms. The van der Waals surface area contributed by atoms with Crippen molar-refractivity contribution in [2.45, 2.75) is 25.9 Å². The molecule has 1 aromatic rings. The summed E-state index contributed by atoms with van der Waals surface area (Å²) in [4.78, 5) is 64.2. The van der Waals surface area contributed by atoms with Gasteiger partial charge in [0, 0.05) is 0 Å². The molecule has 4 amide bonds. The summed E-state index contributed by atoms with van der Waals surface area (Å²) in [6, 6.07) is 6.81. The monoisotopic (exact) mass is 411 g/mol. The lowest BCUT2D eigenvalue weighted by molar-refractivity contribution is -0.159. The van der Waals surface area contributed by atoms with Gasteiger partial charge in [0.15, 0.2) is 6.10 Å². The van der Waals surface area contributed by atoms with Crippen LogP contribution in [0.25, 0.3) is 0 Å². The average molecular weight is 411 g/mol. The van der Waals surface area contributed by atoms with Gasteiger partial charge in [0.1, 0.15) is 13.1 Å². The molecule has 1 N–H and O–H groups in total. The smallest absolute Gasteiger partial charge is 0.326 e. The van der Waals surface area contributed by atoms with Crippen LogP contribution >= 0.6 is 0 Å². The third-order valence-electron chi connectivity index (χ3n) is 5.58. The number of ether oxygens (including phenoxy) is 1. The number of imide groups is 1. The van der Waals surface area contributed by atoms with Crippen molar-refractivity contribution < 1.29 is 28.7 Å². The molecule has 2 heterocycles. The van der Waals surface area contributed by atoms with E-state index in [1.165, 1.54) is 11.8 Å². The summed E-state index contributed by atoms with van der Waals surface area (Å²) < 4.78 is 5.20. The molecule has 1 fully saturated rings. The number of amides is 4. The number of carbonyl (C=O) groups is 5. The second kappa shape index (κ2) is 7.74. The van der Waals surface area contributed by atoms with Gasteiger partial charge >= 0.3 is 5.97 Å². The van der Waals surface area contributed by atoms with Crippen molar-refractivity contribution in [3.63, 3.8) is 0 Å². The fourth-order valence-electron chi connectivity index (χ4n) is 4.09. The van der Waals surface area contributed by atoms with Crippen molar-refractivity contribution in [3.05, 3.63) is 36.4 Å². The highest BCUT2D eigenvalue weighted by atomic mass is 16.5. The first-order valence-corrected chi connectivity index (χ1v) is 9.76. The highest BCUT2D eigenvalue weighted by molar-refractivity contribution is 6.11. The number of likely N-dealkylation sites (tertiary alicyclic amines) is 1. The Morgan fingerprint density at radius 2 is 1.73 bits per heavy atom. The van der Waals surface area contributed by atoms with E-state index in [4.69, 9.17) is 4.74 Å². The van der Waals surface area contributed by atoms with E-state index in [1.807, 2.05) is 12.2 Å². The molecule has 9 heteroatoms. The molecular weight excluding hydrogens is 390 g/mol. The van der Waals surface area contributed by atoms with E-state index in [1.54, 1.807) is 24.3 Å². The van der Waals surface area contributed by atoms with E-state index in [2.05, 4.69) is 5.32 Å². The normalized spacial score (nSPS) is 23.6. The number of carbonyl (C=O) groups excluding carboxylic acids is 5. The van der Waals surface area contributed by atoms with Gasteiger partial charge < -0.3 is 10.1 Å². The van der Waals surface area contributed by atoms with Gasteiger partial charge in [-0.15, -0.1) is 0 Å². The Bertz CT molecular complexity index is 945. The highest BCUT2D eigenvalue weighted by Gasteiger charge is 2.48. The van der Waals surface area contributed by atoms with Crippen LogP contribution in [0.4, 0.5) is 11.4 Å². The van der Waals surface area contributed by atoms with Crippen molar-refractivity contribution >= 4 is 41.0 Å². The SMILES string of the molecule is C[C@@H](OC(=O)CN1C(=O)[C@H]2CC=CC[C@@H]2C1=O)C(=O)N1CC(=O)Nc2ccccc21. The van der Waals surface area contributed by atoms with Gasteiger partial charge in [-0.3, -0.25) is 33.8 Å². The van der Waals surface area contributed by atoms with Crippen LogP contribution in [-0.4, -0.2) is 53.7 Å². The Kier molecular flexibility index (Phi) is 5.11. The van der Waals surface area contributed by atoms with Gasteiger partial charge in [-0.05, 0) is 31.9 Å². The van der Waals surface area contributed by atoms with Crippen molar-refractivity contribution in [1.29, 1.82) is 0 Å². The van der Waals surface area contributed by atoms with Gasteiger partial charge in [-0.25, -0.2) is 0 Å². The van der Waals surface area contributed by atoms with E-state index in [0.717, 1.165) is 4.90 Å². The van der Waals surface area contributed by atoms with E-state index in [-0.39, 0.29) is 24.3 Å². The largest absolute Gasteiger partial charge is 0.451 e. The molecule has 0 saturated carbocycles. The predicted molar refractivity (Wildman–Crippen MR) is 105 cm³/mol. The maximum atomic E-state index is 12.8. The lowest BCUT2D eigenvalue weighted by Gasteiger charge is -2.30. The first-order valence-electron chi connectivity index (χ1n) is 9.76. The minimum atomic E-state index is -1.19. The number of benzene rings is 1. The van der Waals surface area contributed by atoms with Crippen LogP contribution in [-0.2, 0) is 28.7 Å². The Morgan fingerprint density at radius 1 is 1.10 bits per heavy atom. The van der Waals surface area contributed by atoms with Crippen LogP contribution in [0.2, 0.25) is 0 Å². The van der Waals surface area contributed by atoms with Crippen molar-refractivity contribution in [1.82, 2.24) is 4.90 Å². The van der Waals surface area contributed by atoms with Gasteiger partial charge in [-0.2, -0.15) is 0 Å². The summed E-state index contributed by atoms with van der Waals surface area (Å²) >= 11 is 0. The molecule has 0 radical (unpaired) electrons. The number of fused-ring (bicyclic) bond motifs is 2. The van der Waals surface area contributed by atoms with Crippen LogP contribution in [0.3, 0.4) is 0 Å². The lowest BCUT2D eigenvalue weighted by atomic mass is 9.85. The summed E-state index contributed by atoms with van der Waals surface area (Å²) in [5.41, 5.74) is 0.997. The molecule has 1 saturated heterocycles. The minimum Gasteiger partial charge on any atom is -0.451 e. The molecule has 4 rings (SSSR count). The van der Waals surface area contributed by atoms with Gasteiger partial charge in [-0.1, -0.05) is 24.3 Å². The lowest BCUT2D eigenvalue weighted by Crippen LogP contribution is -2.47. The molecule has 156 valence electrons. The number of allylic oxidation sites excluding steroid dienone is 2. The zero-order valence-electron chi connectivity index (χ0n) is 16.4. The van der Waals surface area contributed by atoms with Crippen LogP contribution < -0.4 is 10.2 Å². The molecule has 3 aliphatic rings.